The molecule has 1 saturated carbocycles. The molecule has 1 aromatic carbocycles. The van der Waals surface area contributed by atoms with E-state index in [1.165, 1.54) is 30.4 Å². The summed E-state index contributed by atoms with van der Waals surface area (Å²) in [4.78, 5) is 12.2. The third kappa shape index (κ3) is 2.28. The van der Waals surface area contributed by atoms with Crippen LogP contribution < -0.4 is 4.74 Å². The minimum atomic E-state index is 0.149. The van der Waals surface area contributed by atoms with Crippen LogP contribution in [0.1, 0.15) is 69.9 Å². The van der Waals surface area contributed by atoms with Gasteiger partial charge in [-0.3, -0.25) is 4.79 Å². The Kier molecular flexibility index (Phi) is 4.05. The third-order valence-electron chi connectivity index (χ3n) is 6.40. The lowest BCUT2D eigenvalue weighted by Crippen LogP contribution is -2.51. The number of carbonyl (C=O) groups excluding carboxylic acids is 1. The van der Waals surface area contributed by atoms with Crippen molar-refractivity contribution >= 4 is 5.78 Å². The Morgan fingerprint density at radius 2 is 2.05 bits per heavy atom. The first-order chi connectivity index (χ1) is 10.5. The Hall–Kier alpha value is -1.31. The van der Waals surface area contributed by atoms with Crippen molar-refractivity contribution in [2.24, 2.45) is 5.41 Å². The van der Waals surface area contributed by atoms with Crippen LogP contribution in [0.4, 0.5) is 0 Å². The summed E-state index contributed by atoms with van der Waals surface area (Å²) in [7, 11) is 1.73. The van der Waals surface area contributed by atoms with Crippen molar-refractivity contribution in [2.45, 2.75) is 70.6 Å². The van der Waals surface area contributed by atoms with Crippen LogP contribution in [0.2, 0.25) is 0 Å². The number of rotatable bonds is 4. The molecule has 0 bridgehead atoms. The molecule has 120 valence electrons. The molecule has 0 aromatic heterocycles. The van der Waals surface area contributed by atoms with Crippen molar-refractivity contribution in [3.8, 4) is 5.75 Å². The van der Waals surface area contributed by atoms with Crippen LogP contribution in [0.15, 0.2) is 18.2 Å². The highest BCUT2D eigenvalue weighted by Gasteiger charge is 2.54. The normalized spacial score (nSPS) is 30.6. The summed E-state index contributed by atoms with van der Waals surface area (Å²) in [5.74, 6) is 1.43. The predicted octanol–water partition coefficient (Wildman–Crippen LogP) is 4.83. The summed E-state index contributed by atoms with van der Waals surface area (Å²) >= 11 is 0. The molecule has 0 unspecified atom stereocenters. The molecule has 2 atom stereocenters. The maximum Gasteiger partial charge on any atom is 0.133 e. The number of hydrogen-bond donors (Lipinski definition) is 0. The Morgan fingerprint density at radius 1 is 1.23 bits per heavy atom. The lowest BCUT2D eigenvalue weighted by molar-refractivity contribution is -0.128. The summed E-state index contributed by atoms with van der Waals surface area (Å²) in [6.45, 7) is 4.67. The van der Waals surface area contributed by atoms with Gasteiger partial charge in [0.2, 0.25) is 0 Å². The minimum absolute atomic E-state index is 0.149. The van der Waals surface area contributed by atoms with Crippen molar-refractivity contribution in [3.63, 3.8) is 0 Å². The van der Waals surface area contributed by atoms with E-state index in [1.54, 1.807) is 7.11 Å². The SMILES string of the molecule is CCCC[C@]12CCc3cc(OC)ccc3[C@]1(C)CCC(=O)C2. The monoisotopic (exact) mass is 300 g/mol. The standard InChI is InChI=1S/C20H28O2/c1-4-5-10-20-12-8-15-13-17(22-3)6-7-18(15)19(20,2)11-9-16(21)14-20/h6-7,13H,4-5,8-12,14H2,1-3H3/t19-,20+/m0/s1. The topological polar surface area (TPSA) is 26.3 Å². The number of ketones is 1. The van der Waals surface area contributed by atoms with Crippen LogP contribution in [-0.4, -0.2) is 12.9 Å². The molecule has 1 aromatic rings. The highest BCUT2D eigenvalue weighted by Crippen LogP contribution is 2.59. The van der Waals surface area contributed by atoms with E-state index in [1.807, 2.05) is 0 Å². The molecular weight excluding hydrogens is 272 g/mol. The van der Waals surface area contributed by atoms with Crippen molar-refractivity contribution in [3.05, 3.63) is 29.3 Å². The maximum absolute atomic E-state index is 12.2. The lowest BCUT2D eigenvalue weighted by Gasteiger charge is -2.56. The molecule has 0 heterocycles. The average molecular weight is 300 g/mol. The van der Waals surface area contributed by atoms with Gasteiger partial charge in [0.15, 0.2) is 0 Å². The first kappa shape index (κ1) is 15.6. The maximum atomic E-state index is 12.2. The quantitative estimate of drug-likeness (QED) is 0.796. The van der Waals surface area contributed by atoms with Crippen LogP contribution in [-0.2, 0) is 16.6 Å². The van der Waals surface area contributed by atoms with Crippen molar-refractivity contribution in [1.82, 2.24) is 0 Å². The molecule has 0 amide bonds. The Labute approximate surface area is 134 Å². The first-order valence-electron chi connectivity index (χ1n) is 8.74. The van der Waals surface area contributed by atoms with Crippen LogP contribution in [0.25, 0.3) is 0 Å². The number of fused-ring (bicyclic) bond motifs is 3. The number of methoxy groups -OCH3 is 1. The molecule has 22 heavy (non-hydrogen) atoms. The van der Waals surface area contributed by atoms with Crippen LogP contribution in [0.5, 0.6) is 5.75 Å². The number of benzene rings is 1. The second kappa shape index (κ2) is 5.72. The zero-order valence-electron chi connectivity index (χ0n) is 14.2. The molecule has 0 spiro atoms. The fourth-order valence-electron chi connectivity index (χ4n) is 4.92. The fraction of sp³-hybridized carbons (Fsp3) is 0.650. The van der Waals surface area contributed by atoms with E-state index in [0.717, 1.165) is 37.9 Å². The van der Waals surface area contributed by atoms with Gasteiger partial charge in [0.25, 0.3) is 0 Å². The first-order valence-corrected chi connectivity index (χ1v) is 8.74. The molecule has 2 aliphatic rings. The molecule has 0 radical (unpaired) electrons. The third-order valence-corrected chi connectivity index (χ3v) is 6.40. The Balaban J connectivity index is 2.05. The van der Waals surface area contributed by atoms with E-state index >= 15 is 0 Å². The molecule has 1 fully saturated rings. The molecule has 0 saturated heterocycles. The number of carbonyl (C=O) groups is 1. The van der Waals surface area contributed by atoms with Gasteiger partial charge in [-0.2, -0.15) is 0 Å². The van der Waals surface area contributed by atoms with Gasteiger partial charge >= 0.3 is 0 Å². The molecule has 2 aliphatic carbocycles. The summed E-state index contributed by atoms with van der Waals surface area (Å²) in [5, 5.41) is 0. The van der Waals surface area contributed by atoms with E-state index < -0.39 is 0 Å². The van der Waals surface area contributed by atoms with Crippen LogP contribution in [0, 0.1) is 5.41 Å². The molecule has 0 N–H and O–H groups in total. The van der Waals surface area contributed by atoms with Gasteiger partial charge < -0.3 is 4.74 Å². The summed E-state index contributed by atoms with van der Waals surface area (Å²) in [6.07, 6.45) is 8.40. The van der Waals surface area contributed by atoms with Gasteiger partial charge in [0.05, 0.1) is 7.11 Å². The van der Waals surface area contributed by atoms with Gasteiger partial charge in [0.1, 0.15) is 11.5 Å². The largest absolute Gasteiger partial charge is 0.497 e. The highest BCUT2D eigenvalue weighted by molar-refractivity contribution is 5.81. The van der Waals surface area contributed by atoms with E-state index in [0.29, 0.717) is 5.78 Å². The fourth-order valence-corrected chi connectivity index (χ4v) is 4.92. The summed E-state index contributed by atoms with van der Waals surface area (Å²) in [5.41, 5.74) is 3.24. The highest BCUT2D eigenvalue weighted by atomic mass is 16.5. The van der Waals surface area contributed by atoms with Gasteiger partial charge in [-0.25, -0.2) is 0 Å². The van der Waals surface area contributed by atoms with E-state index in [4.69, 9.17) is 4.74 Å². The lowest BCUT2D eigenvalue weighted by atomic mass is 9.48. The second-order valence-electron chi connectivity index (χ2n) is 7.45. The number of hydrogen-bond acceptors (Lipinski definition) is 2. The molecular formula is C20H28O2. The van der Waals surface area contributed by atoms with Gasteiger partial charge in [-0.05, 0) is 59.8 Å². The van der Waals surface area contributed by atoms with E-state index in [2.05, 4.69) is 32.0 Å². The minimum Gasteiger partial charge on any atom is -0.497 e. The van der Waals surface area contributed by atoms with E-state index in [9.17, 15) is 4.79 Å². The van der Waals surface area contributed by atoms with Gasteiger partial charge in [0, 0.05) is 12.8 Å². The van der Waals surface area contributed by atoms with Crippen molar-refractivity contribution < 1.29 is 9.53 Å². The zero-order chi connectivity index (χ0) is 15.8. The van der Waals surface area contributed by atoms with E-state index in [-0.39, 0.29) is 10.8 Å². The van der Waals surface area contributed by atoms with Crippen LogP contribution in [0.3, 0.4) is 0 Å². The van der Waals surface area contributed by atoms with Crippen molar-refractivity contribution in [1.29, 1.82) is 0 Å². The predicted molar refractivity (Wildman–Crippen MR) is 89.5 cm³/mol. The molecule has 0 aliphatic heterocycles. The smallest absolute Gasteiger partial charge is 0.133 e. The van der Waals surface area contributed by atoms with Crippen molar-refractivity contribution in [2.75, 3.05) is 7.11 Å². The number of Topliss-reactive ketones (excluding diaryl/α,β-unsaturated/α-hetero) is 1. The molecule has 3 rings (SSSR count). The molecule has 2 nitrogen and oxygen atoms in total. The second-order valence-corrected chi connectivity index (χ2v) is 7.45. The summed E-state index contributed by atoms with van der Waals surface area (Å²) in [6, 6.07) is 6.57. The van der Waals surface area contributed by atoms with Crippen LogP contribution >= 0.6 is 0 Å². The zero-order valence-corrected chi connectivity index (χ0v) is 14.2. The van der Waals surface area contributed by atoms with Gasteiger partial charge in [-0.1, -0.05) is 32.8 Å². The number of unbranched alkanes of at least 4 members (excludes halogenated alkanes) is 1. The number of aryl methyl sites for hydroxylation is 1. The number of ether oxygens (including phenoxy) is 1. The Morgan fingerprint density at radius 3 is 2.77 bits per heavy atom. The molecule has 2 heteroatoms. The van der Waals surface area contributed by atoms with Gasteiger partial charge in [-0.15, -0.1) is 0 Å². The summed E-state index contributed by atoms with van der Waals surface area (Å²) < 4.78 is 5.40. The average Bonchev–Trinajstić information content (AvgIpc) is 2.53. The Bertz CT molecular complexity index is 577.